The second kappa shape index (κ2) is 5.04. The average Bonchev–Trinajstić information content (AvgIpc) is 2.26. The number of hydrogen-bond acceptors (Lipinski definition) is 5. The Bertz CT molecular complexity index is 503. The molecular weight excluding hydrogens is 407 g/mol. The van der Waals surface area contributed by atoms with Gasteiger partial charge in [0.05, 0.1) is 0 Å². The smallest absolute Gasteiger partial charge is 0.368 e. The van der Waals surface area contributed by atoms with E-state index >= 15 is 0 Å². The minimum Gasteiger partial charge on any atom is -0.368 e. The van der Waals surface area contributed by atoms with Crippen molar-refractivity contribution in [3.05, 3.63) is 5.82 Å². The van der Waals surface area contributed by atoms with Gasteiger partial charge in [0.15, 0.2) is 0 Å². The average molecular weight is 415 g/mol. The fourth-order valence-electron chi connectivity index (χ4n) is 1.04. The molecule has 0 aliphatic carbocycles. The summed E-state index contributed by atoms with van der Waals surface area (Å²) in [7, 11) is 2.64. The molecule has 20 heavy (non-hydrogen) atoms. The van der Waals surface area contributed by atoms with Crippen molar-refractivity contribution >= 4 is 34.5 Å². The molecule has 12 heteroatoms. The van der Waals surface area contributed by atoms with E-state index in [1.54, 1.807) is 0 Å². The lowest BCUT2D eigenvalue weighted by Crippen LogP contribution is -2.50. The molecule has 0 fully saturated rings. The summed E-state index contributed by atoms with van der Waals surface area (Å²) >= 11 is -0.0741. The van der Waals surface area contributed by atoms with Gasteiger partial charge in [-0.3, -0.25) is 0 Å². The van der Waals surface area contributed by atoms with Crippen molar-refractivity contribution in [2.24, 2.45) is 0 Å². The summed E-state index contributed by atoms with van der Waals surface area (Å²) in [6.07, 6.45) is 0. The predicted molar refractivity (Wildman–Crippen MR) is 66.4 cm³/mol. The van der Waals surface area contributed by atoms with E-state index in [0.29, 0.717) is 0 Å². The third-order valence-electron chi connectivity index (χ3n) is 2.07. The van der Waals surface area contributed by atoms with Gasteiger partial charge in [0, 0.05) is 36.7 Å². The van der Waals surface area contributed by atoms with Crippen LogP contribution in [-0.2, 0) is 5.92 Å². The fourth-order valence-corrected chi connectivity index (χ4v) is 1.38. The summed E-state index contributed by atoms with van der Waals surface area (Å²) in [5.74, 6) is -14.1. The van der Waals surface area contributed by atoms with Crippen molar-refractivity contribution in [3.63, 3.8) is 0 Å². The highest BCUT2D eigenvalue weighted by atomic mass is 127. The highest BCUT2D eigenvalue weighted by molar-refractivity contribution is 14.1. The van der Waals surface area contributed by atoms with E-state index in [4.69, 9.17) is 5.73 Å². The summed E-state index contributed by atoms with van der Waals surface area (Å²) in [5, 5.41) is 0. The van der Waals surface area contributed by atoms with E-state index in [-0.39, 0.29) is 22.6 Å². The normalized spacial score (nSPS) is 13.4. The lowest BCUT2D eigenvalue weighted by atomic mass is 10.1. The molecule has 1 heterocycles. The molecule has 0 saturated heterocycles. The highest BCUT2D eigenvalue weighted by Crippen LogP contribution is 2.53. The van der Waals surface area contributed by atoms with Gasteiger partial charge in [-0.25, -0.2) is 0 Å². The maximum Gasteiger partial charge on any atom is 0.388 e. The number of hydrogen-bond donors (Lipinski definition) is 1. The van der Waals surface area contributed by atoms with E-state index in [9.17, 15) is 26.3 Å². The summed E-state index contributed by atoms with van der Waals surface area (Å²) < 4.78 is 73.9. The van der Waals surface area contributed by atoms with Crippen LogP contribution in [0, 0.1) is 0 Å². The first-order valence-electron chi connectivity index (χ1n) is 4.82. The number of halogens is 7. The summed E-state index contributed by atoms with van der Waals surface area (Å²) in [6.45, 7) is 0. The van der Waals surface area contributed by atoms with E-state index < -0.39 is 33.5 Å². The molecule has 0 radical (unpaired) electrons. The first-order valence-corrected chi connectivity index (χ1v) is 5.90. The van der Waals surface area contributed by atoms with Gasteiger partial charge in [-0.2, -0.15) is 41.3 Å². The molecule has 114 valence electrons. The molecule has 1 rings (SSSR count). The van der Waals surface area contributed by atoms with Crippen LogP contribution < -0.4 is 10.6 Å². The molecule has 0 amide bonds. The molecule has 0 atom stereocenters. The zero-order valence-electron chi connectivity index (χ0n) is 10.0. The Hall–Kier alpha value is -1.08. The Morgan fingerprint density at radius 2 is 1.50 bits per heavy atom. The first kappa shape index (κ1) is 17.0. The Morgan fingerprint density at radius 3 is 1.90 bits per heavy atom. The molecule has 0 spiro atoms. The van der Waals surface area contributed by atoms with Gasteiger partial charge in [-0.1, -0.05) is 0 Å². The lowest BCUT2D eigenvalue weighted by Gasteiger charge is -2.28. The first-order chi connectivity index (χ1) is 8.80. The minimum atomic E-state index is -5.70. The van der Waals surface area contributed by atoms with Crippen LogP contribution in [0.3, 0.4) is 0 Å². The molecule has 0 unspecified atom stereocenters. The van der Waals surface area contributed by atoms with Gasteiger partial charge in [0.2, 0.25) is 17.7 Å². The van der Waals surface area contributed by atoms with Crippen LogP contribution in [-0.4, -0.2) is 38.9 Å². The van der Waals surface area contributed by atoms with Crippen LogP contribution >= 0.6 is 22.6 Å². The van der Waals surface area contributed by atoms with Gasteiger partial charge in [-0.05, 0) is 0 Å². The van der Waals surface area contributed by atoms with Crippen LogP contribution in [0.5, 0.6) is 0 Å². The van der Waals surface area contributed by atoms with Crippen LogP contribution in [0.1, 0.15) is 5.82 Å². The molecule has 0 aromatic carbocycles. The van der Waals surface area contributed by atoms with Crippen molar-refractivity contribution in [3.8, 4) is 0 Å². The number of nitrogens with two attached hydrogens (primary N) is 1. The van der Waals surface area contributed by atoms with E-state index in [0.717, 1.165) is 4.90 Å². The molecule has 1 aromatic rings. The largest absolute Gasteiger partial charge is 0.388 e. The van der Waals surface area contributed by atoms with Gasteiger partial charge >= 0.3 is 15.8 Å². The summed E-state index contributed by atoms with van der Waals surface area (Å²) in [6, 6.07) is 0. The molecule has 0 aliphatic heterocycles. The Kier molecular flexibility index (Phi) is 4.27. The van der Waals surface area contributed by atoms with Gasteiger partial charge in [0.1, 0.15) is 0 Å². The van der Waals surface area contributed by atoms with Gasteiger partial charge < -0.3 is 10.6 Å². The topological polar surface area (TPSA) is 67.9 Å². The van der Waals surface area contributed by atoms with E-state index in [1.807, 2.05) is 0 Å². The maximum absolute atomic E-state index is 13.6. The molecule has 1 aromatic heterocycles. The molecule has 2 N–H and O–H groups in total. The Labute approximate surface area is 122 Å². The zero-order chi connectivity index (χ0) is 15.9. The number of anilines is 2. The standard InChI is InChI=1S/C8H8F6IN5/c1-20(2)5-18-3(17-4(16)19-5)6(9,10)7(11,12)8(13,14)15/h1-2H3,(H2,16,17,18,19). The molecular formula is C8H8F6IN5. The SMILES string of the molecule is CN(C)c1nc(N)nc(C(F)(F)C(F)(F)C(F)(F)I)n1. The number of rotatable bonds is 4. The number of nitrogen functional groups attached to an aromatic ring is 1. The van der Waals surface area contributed by atoms with Crippen molar-refractivity contribution in [2.45, 2.75) is 15.8 Å². The Morgan fingerprint density at radius 1 is 1.00 bits per heavy atom. The van der Waals surface area contributed by atoms with Crippen molar-refractivity contribution in [1.82, 2.24) is 15.0 Å². The second-order valence-corrected chi connectivity index (χ2v) is 5.21. The fraction of sp³-hybridized carbons (Fsp3) is 0.625. The van der Waals surface area contributed by atoms with E-state index in [1.165, 1.54) is 14.1 Å². The maximum atomic E-state index is 13.6. The monoisotopic (exact) mass is 415 g/mol. The quantitative estimate of drug-likeness (QED) is 0.465. The van der Waals surface area contributed by atoms with Crippen molar-refractivity contribution < 1.29 is 26.3 Å². The van der Waals surface area contributed by atoms with Crippen LogP contribution in [0.4, 0.5) is 38.2 Å². The van der Waals surface area contributed by atoms with E-state index in [2.05, 4.69) is 15.0 Å². The van der Waals surface area contributed by atoms with Crippen LogP contribution in [0.2, 0.25) is 0 Å². The van der Waals surface area contributed by atoms with Gasteiger partial charge in [-0.15, -0.1) is 0 Å². The number of aromatic nitrogens is 3. The third-order valence-corrected chi connectivity index (χ3v) is 2.75. The number of alkyl halides is 7. The molecule has 0 aliphatic rings. The lowest BCUT2D eigenvalue weighted by molar-refractivity contribution is -0.279. The molecule has 5 nitrogen and oxygen atoms in total. The number of nitrogens with zero attached hydrogens (tertiary/aromatic N) is 4. The Balaban J connectivity index is 3.42. The van der Waals surface area contributed by atoms with Crippen LogP contribution in [0.25, 0.3) is 0 Å². The molecule has 0 saturated carbocycles. The minimum absolute atomic E-state index is 0.0741. The van der Waals surface area contributed by atoms with Crippen LogP contribution in [0.15, 0.2) is 0 Å². The van der Waals surface area contributed by atoms with Gasteiger partial charge in [0.25, 0.3) is 0 Å². The second-order valence-electron chi connectivity index (χ2n) is 3.86. The third kappa shape index (κ3) is 2.83. The predicted octanol–water partition coefficient (Wildman–Crippen LogP) is 2.27. The molecule has 0 bridgehead atoms. The summed E-state index contributed by atoms with van der Waals surface area (Å²) in [5.41, 5.74) is 5.09. The summed E-state index contributed by atoms with van der Waals surface area (Å²) in [4.78, 5) is 10.4. The highest BCUT2D eigenvalue weighted by Gasteiger charge is 2.72. The zero-order valence-corrected chi connectivity index (χ0v) is 12.2. The van der Waals surface area contributed by atoms with Crippen molar-refractivity contribution in [2.75, 3.05) is 24.7 Å². The van der Waals surface area contributed by atoms with Crippen molar-refractivity contribution in [1.29, 1.82) is 0 Å².